The highest BCUT2D eigenvalue weighted by molar-refractivity contribution is 6.10. The van der Waals surface area contributed by atoms with Gasteiger partial charge in [-0.25, -0.2) is 9.59 Å². The fourth-order valence-electron chi connectivity index (χ4n) is 2.43. The molecule has 1 atom stereocenters. The number of rotatable bonds is 4. The molecule has 1 fully saturated rings. The van der Waals surface area contributed by atoms with E-state index in [-0.39, 0.29) is 29.8 Å². The van der Waals surface area contributed by atoms with Gasteiger partial charge in [-0.1, -0.05) is 6.07 Å². The third-order valence-corrected chi connectivity index (χ3v) is 3.43. The van der Waals surface area contributed by atoms with E-state index in [1.165, 1.54) is 25.3 Å². The average Bonchev–Trinajstić information content (AvgIpc) is 2.87. The van der Waals surface area contributed by atoms with Crippen molar-refractivity contribution in [2.24, 2.45) is 5.92 Å². The first kappa shape index (κ1) is 15.5. The van der Waals surface area contributed by atoms with E-state index in [1.807, 2.05) is 0 Å². The Labute approximate surface area is 124 Å². The number of amides is 1. The predicted molar refractivity (Wildman–Crippen MR) is 72.8 cm³/mol. The zero-order valence-corrected chi connectivity index (χ0v) is 11.6. The molecule has 1 aliphatic rings. The van der Waals surface area contributed by atoms with Gasteiger partial charge in [0.2, 0.25) is 5.91 Å². The van der Waals surface area contributed by atoms with Crippen LogP contribution in [0.25, 0.3) is 0 Å². The van der Waals surface area contributed by atoms with Crippen molar-refractivity contribution in [2.45, 2.75) is 6.42 Å². The molecule has 8 nitrogen and oxygen atoms in total. The van der Waals surface area contributed by atoms with Gasteiger partial charge < -0.3 is 19.8 Å². The topological polar surface area (TPSA) is 121 Å². The maximum absolute atomic E-state index is 12.1. The van der Waals surface area contributed by atoms with Crippen molar-refractivity contribution in [1.82, 2.24) is 0 Å². The normalized spacial score (nSPS) is 17.4. The fraction of sp³-hybridized carbons (Fsp3) is 0.286. The van der Waals surface area contributed by atoms with E-state index in [1.54, 1.807) is 0 Å². The first-order chi connectivity index (χ1) is 10.4. The standard InChI is InChI=1S/C14H13NO7/c1-22-14(21)7-5-10(16)15(6-7)11-8(12(17)18)3-2-4-9(11)13(19)20/h2-4,7H,5-6H2,1H3,(H,17,18)(H,19,20). The summed E-state index contributed by atoms with van der Waals surface area (Å²) in [5.74, 6) is -4.58. The van der Waals surface area contributed by atoms with Crippen LogP contribution in [-0.4, -0.2) is 47.7 Å². The second-order valence-corrected chi connectivity index (χ2v) is 4.74. The minimum atomic E-state index is -1.35. The van der Waals surface area contributed by atoms with Crippen molar-refractivity contribution in [3.63, 3.8) is 0 Å². The summed E-state index contributed by atoms with van der Waals surface area (Å²) in [6.07, 6.45) is -0.153. The van der Waals surface area contributed by atoms with E-state index in [2.05, 4.69) is 4.74 Å². The van der Waals surface area contributed by atoms with Crippen LogP contribution in [0, 0.1) is 5.92 Å². The quantitative estimate of drug-likeness (QED) is 0.781. The molecule has 1 aromatic carbocycles. The number of hydrogen-bond donors (Lipinski definition) is 2. The lowest BCUT2D eigenvalue weighted by Gasteiger charge is -2.20. The first-order valence-corrected chi connectivity index (χ1v) is 6.34. The number of ether oxygens (including phenoxy) is 1. The molecular weight excluding hydrogens is 294 g/mol. The zero-order chi connectivity index (χ0) is 16.4. The Kier molecular flexibility index (Phi) is 4.11. The van der Waals surface area contributed by atoms with Crippen LogP contribution in [0.1, 0.15) is 27.1 Å². The molecule has 22 heavy (non-hydrogen) atoms. The molecule has 1 aliphatic heterocycles. The SMILES string of the molecule is COC(=O)C1CC(=O)N(c2c(C(=O)O)cccc2C(=O)O)C1. The van der Waals surface area contributed by atoms with Gasteiger partial charge in [0.05, 0.1) is 29.8 Å². The van der Waals surface area contributed by atoms with Gasteiger partial charge in [0, 0.05) is 13.0 Å². The summed E-state index contributed by atoms with van der Waals surface area (Å²) in [6, 6.07) is 3.71. The van der Waals surface area contributed by atoms with Crippen LogP contribution in [0.5, 0.6) is 0 Å². The van der Waals surface area contributed by atoms with Crippen molar-refractivity contribution >= 4 is 29.5 Å². The van der Waals surface area contributed by atoms with Gasteiger partial charge in [0.1, 0.15) is 0 Å². The molecule has 1 aromatic rings. The molecule has 2 rings (SSSR count). The molecule has 0 aromatic heterocycles. The third kappa shape index (κ3) is 2.62. The van der Waals surface area contributed by atoms with E-state index < -0.39 is 29.7 Å². The molecule has 0 bridgehead atoms. The summed E-state index contributed by atoms with van der Waals surface area (Å²) in [6.45, 7) is -0.115. The lowest BCUT2D eigenvalue weighted by Crippen LogP contribution is -2.29. The second kappa shape index (κ2) is 5.84. The summed E-state index contributed by atoms with van der Waals surface area (Å²) in [7, 11) is 1.18. The van der Waals surface area contributed by atoms with Gasteiger partial charge in [-0.15, -0.1) is 0 Å². The summed E-state index contributed by atoms with van der Waals surface area (Å²) in [4.78, 5) is 47.3. The van der Waals surface area contributed by atoms with Crippen LogP contribution in [0.15, 0.2) is 18.2 Å². The molecule has 2 N–H and O–H groups in total. The second-order valence-electron chi connectivity index (χ2n) is 4.74. The summed E-state index contributed by atoms with van der Waals surface area (Å²) < 4.78 is 4.57. The third-order valence-electron chi connectivity index (χ3n) is 3.43. The highest BCUT2D eigenvalue weighted by Crippen LogP contribution is 2.32. The number of methoxy groups -OCH3 is 1. The number of benzene rings is 1. The lowest BCUT2D eigenvalue weighted by atomic mass is 10.1. The molecule has 0 spiro atoms. The van der Waals surface area contributed by atoms with Gasteiger partial charge in [-0.3, -0.25) is 9.59 Å². The molecule has 1 saturated heterocycles. The number of hydrogen-bond acceptors (Lipinski definition) is 5. The molecule has 1 amide bonds. The van der Waals surface area contributed by atoms with Crippen LogP contribution in [0.3, 0.4) is 0 Å². The number of carbonyl (C=O) groups is 4. The van der Waals surface area contributed by atoms with Crippen molar-refractivity contribution in [3.8, 4) is 0 Å². The molecule has 0 aliphatic carbocycles. The zero-order valence-electron chi connectivity index (χ0n) is 11.6. The Bertz CT molecular complexity index is 635. The van der Waals surface area contributed by atoms with E-state index in [9.17, 15) is 29.4 Å². The first-order valence-electron chi connectivity index (χ1n) is 6.34. The van der Waals surface area contributed by atoms with E-state index in [0.29, 0.717) is 0 Å². The number of nitrogens with zero attached hydrogens (tertiary/aromatic N) is 1. The van der Waals surface area contributed by atoms with Crippen LogP contribution in [0.2, 0.25) is 0 Å². The highest BCUT2D eigenvalue weighted by Gasteiger charge is 2.39. The van der Waals surface area contributed by atoms with Gasteiger partial charge in [-0.05, 0) is 12.1 Å². The number of anilines is 1. The van der Waals surface area contributed by atoms with Gasteiger partial charge in [0.25, 0.3) is 0 Å². The summed E-state index contributed by atoms with van der Waals surface area (Å²) in [5.41, 5.74) is -0.823. The number of carboxylic acids is 2. The van der Waals surface area contributed by atoms with Crippen LogP contribution >= 0.6 is 0 Å². The van der Waals surface area contributed by atoms with Crippen molar-refractivity contribution in [1.29, 1.82) is 0 Å². The Morgan fingerprint density at radius 1 is 1.18 bits per heavy atom. The van der Waals surface area contributed by atoms with Crippen molar-refractivity contribution in [3.05, 3.63) is 29.3 Å². The number of esters is 1. The van der Waals surface area contributed by atoms with E-state index >= 15 is 0 Å². The Morgan fingerprint density at radius 3 is 2.18 bits per heavy atom. The molecule has 0 radical (unpaired) electrons. The number of carbonyl (C=O) groups excluding carboxylic acids is 2. The maximum atomic E-state index is 12.1. The molecule has 116 valence electrons. The van der Waals surface area contributed by atoms with E-state index in [0.717, 1.165) is 4.90 Å². The van der Waals surface area contributed by atoms with Crippen LogP contribution in [-0.2, 0) is 14.3 Å². The molecule has 8 heteroatoms. The Balaban J connectivity index is 2.52. The molecular formula is C14H13NO7. The van der Waals surface area contributed by atoms with Gasteiger partial charge in [0.15, 0.2) is 0 Å². The van der Waals surface area contributed by atoms with Gasteiger partial charge >= 0.3 is 17.9 Å². The van der Waals surface area contributed by atoms with Gasteiger partial charge in [-0.2, -0.15) is 0 Å². The summed E-state index contributed by atoms with van der Waals surface area (Å²) in [5, 5.41) is 18.4. The Hall–Kier alpha value is -2.90. The monoisotopic (exact) mass is 307 g/mol. The van der Waals surface area contributed by atoms with Crippen LogP contribution in [0.4, 0.5) is 5.69 Å². The predicted octanol–water partition coefficient (Wildman–Crippen LogP) is 0.609. The van der Waals surface area contributed by atoms with E-state index in [4.69, 9.17) is 0 Å². The number of para-hydroxylation sites is 1. The highest BCUT2D eigenvalue weighted by atomic mass is 16.5. The molecule has 1 heterocycles. The van der Waals surface area contributed by atoms with Crippen molar-refractivity contribution in [2.75, 3.05) is 18.6 Å². The summed E-state index contributed by atoms with van der Waals surface area (Å²) >= 11 is 0. The minimum absolute atomic E-state index is 0.115. The molecule has 1 unspecified atom stereocenters. The smallest absolute Gasteiger partial charge is 0.337 e. The van der Waals surface area contributed by atoms with Crippen molar-refractivity contribution < 1.29 is 34.1 Å². The van der Waals surface area contributed by atoms with Crippen LogP contribution < -0.4 is 4.90 Å². The maximum Gasteiger partial charge on any atom is 0.337 e. The average molecular weight is 307 g/mol. The number of carboxylic acid groups (broad SMARTS) is 2. The largest absolute Gasteiger partial charge is 0.478 e. The fourth-order valence-corrected chi connectivity index (χ4v) is 2.43. The molecule has 0 saturated carbocycles. The lowest BCUT2D eigenvalue weighted by molar-refractivity contribution is -0.145. The Morgan fingerprint density at radius 2 is 1.73 bits per heavy atom. The number of aromatic carboxylic acids is 2. The minimum Gasteiger partial charge on any atom is -0.478 e.